The number of nitrogen functional groups attached to an aromatic ring is 1. The van der Waals surface area contributed by atoms with Crippen molar-refractivity contribution >= 4 is 87.3 Å². The number of phenols is 2. The molecule has 312 valence electrons. The van der Waals surface area contributed by atoms with E-state index in [4.69, 9.17) is 22.2 Å². The number of β-lactam (4-membered cyclic amide) rings is 1. The molecule has 23 heteroatoms. The van der Waals surface area contributed by atoms with Gasteiger partial charge in [-0.15, -0.1) is 11.3 Å². The molecule has 4 aliphatic heterocycles. The van der Waals surface area contributed by atoms with Gasteiger partial charge in [0, 0.05) is 31.2 Å². The number of aromatic nitrogens is 1. The Kier molecular flexibility index (Phi) is 11.9. The summed E-state index contributed by atoms with van der Waals surface area (Å²) < 4.78 is 0.557. The number of carbonyl (C=O) groups is 6. The van der Waals surface area contributed by atoms with Crippen LogP contribution in [0.4, 0.5) is 9.93 Å². The lowest BCUT2D eigenvalue weighted by Gasteiger charge is -2.41. The van der Waals surface area contributed by atoms with Gasteiger partial charge in [-0.25, -0.2) is 19.6 Å². The van der Waals surface area contributed by atoms with Gasteiger partial charge in [-0.1, -0.05) is 28.5 Å². The van der Waals surface area contributed by atoms with E-state index in [1.54, 1.807) is 13.1 Å². The van der Waals surface area contributed by atoms with Crippen molar-refractivity contribution in [3.63, 3.8) is 0 Å². The Morgan fingerprint density at radius 3 is 2.57 bits per heavy atom. The van der Waals surface area contributed by atoms with Gasteiger partial charge in [0.05, 0.1) is 72.8 Å². The molecule has 58 heavy (non-hydrogen) atoms. The Labute approximate surface area is 344 Å². The number of benzene rings is 1. The SMILES string of the molecule is C[C@H]1CN([C@@]2(C(=O)[O-])CN3C(=O)[C@@H](CC(=O)/C(=N\OC(C)(C)C(=O)O)c4csc(N)n4)[C@H]3S2)C(=O)N1/N=C/C[N+]1(CCNC(=O)c2ccc(O)c(O)c2Cl)CCCC1. The molecule has 6 rings (SSSR count). The number of nitrogens with one attached hydrogen (secondary N) is 1. The number of hydrogen-bond donors (Lipinski definition) is 5. The third kappa shape index (κ3) is 7.96. The highest BCUT2D eigenvalue weighted by Crippen LogP contribution is 2.53. The molecule has 0 aliphatic carbocycles. The summed E-state index contributed by atoms with van der Waals surface area (Å²) in [5.41, 5.74) is 3.61. The Morgan fingerprint density at radius 2 is 1.93 bits per heavy atom. The summed E-state index contributed by atoms with van der Waals surface area (Å²) in [7, 11) is 0. The normalized spacial score (nSPS) is 24.3. The van der Waals surface area contributed by atoms with Crippen molar-refractivity contribution in [1.82, 2.24) is 25.1 Å². The molecule has 4 amide bonds. The molecule has 2 aromatic rings. The topological polar surface area (TPSA) is 281 Å². The number of Topliss-reactive ketones (excluding diaryl/α,β-unsaturated/α-hetero) is 1. The van der Waals surface area contributed by atoms with Gasteiger partial charge in [-0.2, -0.15) is 5.10 Å². The summed E-state index contributed by atoms with van der Waals surface area (Å²) in [6.45, 7) is 6.50. The second-order valence-corrected chi connectivity index (χ2v) is 17.7. The minimum Gasteiger partial charge on any atom is -0.547 e. The minimum atomic E-state index is -1.99. The van der Waals surface area contributed by atoms with E-state index in [0.717, 1.165) is 53.9 Å². The largest absolute Gasteiger partial charge is 0.547 e. The van der Waals surface area contributed by atoms with Crippen LogP contribution < -0.4 is 16.2 Å². The number of likely N-dealkylation sites (tertiary alicyclic amines) is 1. The van der Waals surface area contributed by atoms with E-state index in [1.165, 1.54) is 41.3 Å². The number of carboxylic acids is 2. The first-order valence-electron chi connectivity index (χ1n) is 18.2. The number of rotatable bonds is 16. The fourth-order valence-electron chi connectivity index (χ4n) is 7.30. The first kappa shape index (κ1) is 42.4. The number of halogens is 1. The zero-order valence-corrected chi connectivity index (χ0v) is 34.0. The number of nitrogens with two attached hydrogens (primary N) is 1. The first-order valence-corrected chi connectivity index (χ1v) is 20.4. The molecule has 4 aliphatic rings. The van der Waals surface area contributed by atoms with Crippen molar-refractivity contribution in [2.45, 2.75) is 61.9 Å². The third-order valence-electron chi connectivity index (χ3n) is 10.7. The maximum atomic E-state index is 13.9. The number of oxime groups is 1. The molecule has 0 bridgehead atoms. The van der Waals surface area contributed by atoms with E-state index in [2.05, 4.69) is 20.6 Å². The molecule has 0 saturated carbocycles. The van der Waals surface area contributed by atoms with Crippen molar-refractivity contribution in [3.8, 4) is 11.5 Å². The predicted octanol–water partition coefficient (Wildman–Crippen LogP) is 0.463. The number of phenolic OH excluding ortho intramolecular Hbond substituents is 2. The van der Waals surface area contributed by atoms with Gasteiger partial charge in [0.15, 0.2) is 28.1 Å². The minimum absolute atomic E-state index is 0.0102. The lowest BCUT2D eigenvalue weighted by atomic mass is 9.90. The average molecular weight is 864 g/mol. The number of hydrogen-bond acceptors (Lipinski definition) is 16. The van der Waals surface area contributed by atoms with Crippen molar-refractivity contribution in [3.05, 3.63) is 33.8 Å². The zero-order chi connectivity index (χ0) is 42.3. The lowest BCUT2D eigenvalue weighted by molar-refractivity contribution is -0.906. The van der Waals surface area contributed by atoms with E-state index in [0.29, 0.717) is 17.6 Å². The molecule has 6 N–H and O–H groups in total. The number of ketones is 1. The van der Waals surface area contributed by atoms with Crippen LogP contribution in [0.15, 0.2) is 27.8 Å². The summed E-state index contributed by atoms with van der Waals surface area (Å²) >= 11 is 7.88. The number of carboxylic acid groups (broad SMARTS) is 2. The van der Waals surface area contributed by atoms with Crippen LogP contribution in [-0.4, -0.2) is 155 Å². The van der Waals surface area contributed by atoms with Gasteiger partial charge in [-0.3, -0.25) is 19.3 Å². The quantitative estimate of drug-likeness (QED) is 0.0505. The van der Waals surface area contributed by atoms with Crippen LogP contribution in [0.25, 0.3) is 0 Å². The molecule has 0 spiro atoms. The van der Waals surface area contributed by atoms with Gasteiger partial charge in [-0.05, 0) is 32.9 Å². The smallest absolute Gasteiger partial charge is 0.350 e. The van der Waals surface area contributed by atoms with Crippen LogP contribution in [0.3, 0.4) is 0 Å². The highest BCUT2D eigenvalue weighted by atomic mass is 35.5. The highest BCUT2D eigenvalue weighted by molar-refractivity contribution is 8.02. The van der Waals surface area contributed by atoms with E-state index >= 15 is 0 Å². The summed E-state index contributed by atoms with van der Waals surface area (Å²) in [5, 5.41) is 54.6. The fraction of sp³-hybridized carbons (Fsp3) is 0.514. The number of fused-ring (bicyclic) bond motifs is 1. The van der Waals surface area contributed by atoms with Gasteiger partial charge in [0.2, 0.25) is 11.5 Å². The van der Waals surface area contributed by atoms with Crippen LogP contribution in [0.5, 0.6) is 11.5 Å². The Hall–Kier alpha value is -5.19. The van der Waals surface area contributed by atoms with Crippen molar-refractivity contribution < 1.29 is 58.5 Å². The number of quaternary nitrogens is 1. The van der Waals surface area contributed by atoms with Crippen LogP contribution in [0.1, 0.15) is 56.1 Å². The Balaban J connectivity index is 1.10. The maximum Gasteiger partial charge on any atom is 0.350 e. The highest BCUT2D eigenvalue weighted by Gasteiger charge is 2.64. The van der Waals surface area contributed by atoms with Crippen LogP contribution >= 0.6 is 34.7 Å². The summed E-state index contributed by atoms with van der Waals surface area (Å²) in [5.74, 6) is -6.74. The number of thiazole rings is 1. The molecule has 4 saturated heterocycles. The predicted molar refractivity (Wildman–Crippen MR) is 208 cm³/mol. The number of aromatic hydroxyl groups is 2. The summed E-state index contributed by atoms with van der Waals surface area (Å²) in [6.07, 6.45) is 3.03. The number of amides is 4. The molecular weight excluding hydrogens is 822 g/mol. The lowest BCUT2D eigenvalue weighted by Crippen LogP contribution is -2.62. The van der Waals surface area contributed by atoms with Crippen LogP contribution in [0.2, 0.25) is 5.02 Å². The maximum absolute atomic E-state index is 13.9. The Morgan fingerprint density at radius 1 is 1.22 bits per heavy atom. The molecule has 4 atom stereocenters. The molecular formula is C35H42ClN9O11S2. The zero-order valence-electron chi connectivity index (χ0n) is 31.6. The number of hydrazone groups is 1. The van der Waals surface area contributed by atoms with Crippen LogP contribution in [0, 0.1) is 5.92 Å². The van der Waals surface area contributed by atoms with E-state index < -0.39 is 81.3 Å². The Bertz CT molecular complexity index is 2090. The van der Waals surface area contributed by atoms with Crippen LogP contribution in [-0.2, 0) is 24.0 Å². The van der Waals surface area contributed by atoms with Gasteiger partial charge in [0.1, 0.15) is 17.1 Å². The monoisotopic (exact) mass is 863 g/mol. The number of nitrogens with zero attached hydrogens (tertiary/aromatic N) is 7. The van der Waals surface area contributed by atoms with Crippen molar-refractivity contribution in [1.29, 1.82) is 0 Å². The molecule has 4 fully saturated rings. The average Bonchev–Trinajstić information content (AvgIpc) is 3.96. The number of urea groups is 1. The fourth-order valence-corrected chi connectivity index (χ4v) is 9.76. The second kappa shape index (κ2) is 16.2. The van der Waals surface area contributed by atoms with E-state index in [1.807, 2.05) is 0 Å². The summed E-state index contributed by atoms with van der Waals surface area (Å²) in [6, 6.07) is 1.22. The van der Waals surface area contributed by atoms with E-state index in [9.17, 15) is 49.2 Å². The molecule has 0 unspecified atom stereocenters. The molecule has 1 aromatic carbocycles. The van der Waals surface area contributed by atoms with Crippen molar-refractivity contribution in [2.24, 2.45) is 16.2 Å². The van der Waals surface area contributed by atoms with Gasteiger partial charge in [0.25, 0.3) is 5.91 Å². The molecule has 20 nitrogen and oxygen atoms in total. The number of anilines is 1. The van der Waals surface area contributed by atoms with Gasteiger partial charge >= 0.3 is 12.0 Å². The third-order valence-corrected chi connectivity index (χ3v) is 13.5. The van der Waals surface area contributed by atoms with Crippen molar-refractivity contribution in [2.75, 3.05) is 51.5 Å². The number of carbonyl (C=O) groups excluding carboxylic acids is 5. The number of thioether (sulfide) groups is 1. The molecule has 0 radical (unpaired) electrons. The van der Waals surface area contributed by atoms with Gasteiger partial charge < -0.3 is 50.5 Å². The molecule has 5 heterocycles. The van der Waals surface area contributed by atoms with E-state index in [-0.39, 0.29) is 46.8 Å². The first-order chi connectivity index (χ1) is 27.3. The number of aliphatic carboxylic acids is 2. The second-order valence-electron chi connectivity index (χ2n) is 15.0. The summed E-state index contributed by atoms with van der Waals surface area (Å²) in [4.78, 5) is 87.8. The molecule has 1 aromatic heterocycles. The standard InChI is InChI=1S/C35H42ClN9O11S2/c1-18-15-43(33(55)44(18)39-9-13-45(10-4-5-11-45)12-8-38-27(49)19-6-7-22(46)26(48)24(19)36)35(31(53)54)17-42-28(50)20(29(42)58-35)14-23(47)25(21-16-57-32(37)40-21)41-56-34(2,3)30(51)52/h6-7,9,16,18,20,29H,4-5,8,10-15,17H2,1-3H3,(H6-,37,38,40,41,46,47,48,49,51,52,53,54)/b39-9+/t18-,20+,29+,35-/m0/s1.